The van der Waals surface area contributed by atoms with Gasteiger partial charge in [-0.1, -0.05) is 12.8 Å². The predicted octanol–water partition coefficient (Wildman–Crippen LogP) is -1.40. The first kappa shape index (κ1) is 24.9. The predicted molar refractivity (Wildman–Crippen MR) is 97.0 cm³/mol. The van der Waals surface area contributed by atoms with E-state index in [0.717, 1.165) is 0 Å². The van der Waals surface area contributed by atoms with Gasteiger partial charge in [-0.2, -0.15) is 0 Å². The number of nitrogens with zero attached hydrogens (tertiary/aromatic N) is 2. The Morgan fingerprint density at radius 3 is 1.00 bits per heavy atom. The minimum absolute atomic E-state index is 0. The van der Waals surface area contributed by atoms with Crippen molar-refractivity contribution in [3.8, 4) is 0 Å². The molecular formula is C20H42Br2N2. The molecular weight excluding hydrogens is 428 g/mol. The highest BCUT2D eigenvalue weighted by Crippen LogP contribution is 2.19. The van der Waals surface area contributed by atoms with Crippen LogP contribution in [0.2, 0.25) is 0 Å². The summed E-state index contributed by atoms with van der Waals surface area (Å²) >= 11 is 0. The normalized spacial score (nSPS) is 24.2. The van der Waals surface area contributed by atoms with Crippen LogP contribution in [0.1, 0.15) is 77.0 Å². The summed E-state index contributed by atoms with van der Waals surface area (Å²) in [4.78, 5) is 0. The van der Waals surface area contributed by atoms with Crippen LogP contribution in [0.25, 0.3) is 0 Å². The van der Waals surface area contributed by atoms with Crippen molar-refractivity contribution in [1.82, 2.24) is 0 Å². The smallest absolute Gasteiger partial charge is 0.0786 e. The molecule has 0 spiro atoms. The van der Waals surface area contributed by atoms with E-state index in [1.54, 1.807) is 0 Å². The fourth-order valence-corrected chi connectivity index (χ4v) is 4.69. The quantitative estimate of drug-likeness (QED) is 0.343. The number of rotatable bonds is 5. The molecule has 24 heavy (non-hydrogen) atoms. The number of quaternary nitrogens is 2. The van der Waals surface area contributed by atoms with Gasteiger partial charge in [0.2, 0.25) is 0 Å². The van der Waals surface area contributed by atoms with Crippen molar-refractivity contribution in [1.29, 1.82) is 0 Å². The maximum atomic E-state index is 2.53. The van der Waals surface area contributed by atoms with Crippen LogP contribution in [0, 0.1) is 0 Å². The molecule has 2 rings (SSSR count). The molecule has 2 saturated heterocycles. The lowest BCUT2D eigenvalue weighted by molar-refractivity contribution is -0.916. The summed E-state index contributed by atoms with van der Waals surface area (Å²) in [5.41, 5.74) is 0. The van der Waals surface area contributed by atoms with Crippen LogP contribution in [-0.2, 0) is 0 Å². The minimum atomic E-state index is 0. The van der Waals surface area contributed by atoms with Crippen molar-refractivity contribution in [3.05, 3.63) is 0 Å². The van der Waals surface area contributed by atoms with Gasteiger partial charge in [-0.15, -0.1) is 0 Å². The van der Waals surface area contributed by atoms with Crippen molar-refractivity contribution in [2.75, 3.05) is 53.4 Å². The van der Waals surface area contributed by atoms with Gasteiger partial charge in [0.1, 0.15) is 0 Å². The Kier molecular flexibility index (Phi) is 13.6. The molecule has 2 aliphatic heterocycles. The van der Waals surface area contributed by atoms with Crippen molar-refractivity contribution in [2.24, 2.45) is 0 Å². The number of hydrogen-bond acceptors (Lipinski definition) is 0. The number of halogens is 2. The SMILES string of the molecule is C[N+]1(CCCC[N+]2(C)CCCCCCC2)CCCCCCC1.[Br-].[Br-]. The Morgan fingerprint density at radius 1 is 0.458 bits per heavy atom. The molecule has 0 bridgehead atoms. The fourth-order valence-electron chi connectivity index (χ4n) is 4.69. The number of unbranched alkanes of at least 4 members (excludes halogenated alkanes) is 1. The minimum Gasteiger partial charge on any atom is -1.00 e. The summed E-state index contributed by atoms with van der Waals surface area (Å²) in [6.45, 7) is 8.61. The standard InChI is InChI=1S/C20H42N2.2BrH/c1-21(15-9-5-3-6-10-16-21)19-13-14-20-22(2)17-11-7-4-8-12-18-22;;/h3-20H2,1-2H3;2*1H/q+2;;/p-2. The van der Waals surface area contributed by atoms with E-state index in [4.69, 9.17) is 0 Å². The molecule has 0 unspecified atom stereocenters. The average Bonchev–Trinajstić information content (AvgIpc) is 2.45. The van der Waals surface area contributed by atoms with Crippen molar-refractivity contribution in [2.45, 2.75) is 77.0 Å². The zero-order valence-electron chi connectivity index (χ0n) is 16.4. The van der Waals surface area contributed by atoms with Crippen molar-refractivity contribution in [3.63, 3.8) is 0 Å². The van der Waals surface area contributed by atoms with Gasteiger partial charge in [-0.3, -0.25) is 0 Å². The lowest BCUT2D eigenvalue weighted by Gasteiger charge is -2.38. The van der Waals surface area contributed by atoms with Gasteiger partial charge < -0.3 is 42.9 Å². The van der Waals surface area contributed by atoms with E-state index < -0.39 is 0 Å². The molecule has 0 amide bonds. The summed E-state index contributed by atoms with van der Waals surface area (Å²) in [5.74, 6) is 0. The topological polar surface area (TPSA) is 0 Å². The molecule has 0 atom stereocenters. The molecule has 2 fully saturated rings. The largest absolute Gasteiger partial charge is 1.00 e. The van der Waals surface area contributed by atoms with E-state index in [1.807, 2.05) is 0 Å². The van der Waals surface area contributed by atoms with Crippen molar-refractivity contribution >= 4 is 0 Å². The van der Waals surface area contributed by atoms with E-state index >= 15 is 0 Å². The molecule has 2 nitrogen and oxygen atoms in total. The molecule has 4 heteroatoms. The molecule has 0 aliphatic carbocycles. The lowest BCUT2D eigenvalue weighted by Crippen LogP contribution is -3.00. The van der Waals surface area contributed by atoms with Gasteiger partial charge in [0.15, 0.2) is 0 Å². The van der Waals surface area contributed by atoms with Crippen LogP contribution >= 0.6 is 0 Å². The molecule has 0 saturated carbocycles. The van der Waals surface area contributed by atoms with Gasteiger partial charge in [0, 0.05) is 12.8 Å². The Labute approximate surface area is 173 Å². The molecule has 146 valence electrons. The second kappa shape index (κ2) is 13.1. The molecule has 2 heterocycles. The highest BCUT2D eigenvalue weighted by atomic mass is 79.9. The average molecular weight is 470 g/mol. The highest BCUT2D eigenvalue weighted by Gasteiger charge is 2.24. The van der Waals surface area contributed by atoms with Gasteiger partial charge in [-0.05, 0) is 51.4 Å². The van der Waals surface area contributed by atoms with Gasteiger partial charge in [0.05, 0.1) is 53.4 Å². The second-order valence-corrected chi connectivity index (χ2v) is 8.82. The molecule has 0 N–H and O–H groups in total. The van der Waals surface area contributed by atoms with E-state index in [0.29, 0.717) is 0 Å². The van der Waals surface area contributed by atoms with Crippen LogP contribution in [0.5, 0.6) is 0 Å². The van der Waals surface area contributed by atoms with Crippen LogP contribution in [-0.4, -0.2) is 62.3 Å². The second-order valence-electron chi connectivity index (χ2n) is 8.82. The van der Waals surface area contributed by atoms with Crippen LogP contribution in [0.4, 0.5) is 0 Å². The summed E-state index contributed by atoms with van der Waals surface area (Å²) in [6.07, 6.45) is 17.6. The zero-order chi connectivity index (χ0) is 15.7. The fraction of sp³-hybridized carbons (Fsp3) is 1.00. The zero-order valence-corrected chi connectivity index (χ0v) is 19.6. The van der Waals surface area contributed by atoms with Gasteiger partial charge in [-0.25, -0.2) is 0 Å². The highest BCUT2D eigenvalue weighted by molar-refractivity contribution is 4.54. The Bertz CT molecular complexity index is 264. The van der Waals surface area contributed by atoms with E-state index in [9.17, 15) is 0 Å². The van der Waals surface area contributed by atoms with Crippen LogP contribution in [0.15, 0.2) is 0 Å². The third-order valence-electron chi connectivity index (χ3n) is 6.44. The van der Waals surface area contributed by atoms with E-state index in [-0.39, 0.29) is 34.0 Å². The maximum Gasteiger partial charge on any atom is 0.0786 e. The first-order chi connectivity index (χ1) is 10.6. The Balaban J connectivity index is 0.00000264. The summed E-state index contributed by atoms with van der Waals surface area (Å²) < 4.78 is 2.73. The molecule has 0 aromatic carbocycles. The number of likely N-dealkylation sites (tertiary alicyclic amines) is 2. The molecule has 0 radical (unpaired) electrons. The molecule has 2 aliphatic rings. The molecule has 0 aromatic heterocycles. The maximum absolute atomic E-state index is 2.53. The van der Waals surface area contributed by atoms with Crippen molar-refractivity contribution < 1.29 is 42.9 Å². The van der Waals surface area contributed by atoms with Gasteiger partial charge >= 0.3 is 0 Å². The van der Waals surface area contributed by atoms with E-state index in [1.165, 1.54) is 125 Å². The van der Waals surface area contributed by atoms with E-state index in [2.05, 4.69) is 14.1 Å². The summed E-state index contributed by atoms with van der Waals surface area (Å²) in [6, 6.07) is 0. The third-order valence-corrected chi connectivity index (χ3v) is 6.44. The number of hydrogen-bond donors (Lipinski definition) is 0. The van der Waals surface area contributed by atoms with Crippen LogP contribution in [0.3, 0.4) is 0 Å². The third kappa shape index (κ3) is 9.54. The lowest BCUT2D eigenvalue weighted by atomic mass is 10.1. The first-order valence-electron chi connectivity index (χ1n) is 10.3. The first-order valence-corrected chi connectivity index (χ1v) is 10.3. The Hall–Kier alpha value is 0.880. The molecule has 0 aromatic rings. The Morgan fingerprint density at radius 2 is 0.708 bits per heavy atom. The van der Waals surface area contributed by atoms with Gasteiger partial charge in [0.25, 0.3) is 0 Å². The monoisotopic (exact) mass is 468 g/mol. The summed E-state index contributed by atoms with van der Waals surface area (Å²) in [7, 11) is 5.05. The summed E-state index contributed by atoms with van der Waals surface area (Å²) in [5, 5.41) is 0. The van der Waals surface area contributed by atoms with Crippen LogP contribution < -0.4 is 34.0 Å².